The summed E-state index contributed by atoms with van der Waals surface area (Å²) in [4.78, 5) is 2.31. The quantitative estimate of drug-likeness (QED) is 0.762. The molecule has 0 atom stereocenters. The Bertz CT molecular complexity index is 911. The van der Waals surface area contributed by atoms with Crippen molar-refractivity contribution in [1.29, 1.82) is 0 Å². The van der Waals surface area contributed by atoms with Crippen LogP contribution in [0.15, 0.2) is 41.3 Å². The van der Waals surface area contributed by atoms with Crippen molar-refractivity contribution in [2.45, 2.75) is 11.8 Å². The van der Waals surface area contributed by atoms with Gasteiger partial charge < -0.3 is 9.64 Å². The molecule has 0 aromatic heterocycles. The molecule has 1 aliphatic rings. The molecule has 140 valence electrons. The standard InChI is InChI=1S/C18H20Cl2N2O3S/c1-13-3-6-17(25-2)18(11-13)26(23,24)22-9-7-21(8-10-22)14-4-5-15(19)16(20)12-14/h3-6,11-12H,7-10H2,1-2H3. The molecule has 5 nitrogen and oxygen atoms in total. The summed E-state index contributed by atoms with van der Waals surface area (Å²) in [6.45, 7) is 3.79. The minimum absolute atomic E-state index is 0.211. The first-order valence-corrected chi connectivity index (χ1v) is 10.4. The fraction of sp³-hybridized carbons (Fsp3) is 0.333. The predicted molar refractivity (Wildman–Crippen MR) is 105 cm³/mol. The van der Waals surface area contributed by atoms with Crippen molar-refractivity contribution in [3.05, 3.63) is 52.0 Å². The van der Waals surface area contributed by atoms with Gasteiger partial charge in [-0.05, 0) is 42.8 Å². The summed E-state index contributed by atoms with van der Waals surface area (Å²) in [5.74, 6) is 0.363. The Morgan fingerprint density at radius 3 is 2.27 bits per heavy atom. The van der Waals surface area contributed by atoms with Crippen LogP contribution in [0.3, 0.4) is 0 Å². The summed E-state index contributed by atoms with van der Waals surface area (Å²) in [5, 5.41) is 0.992. The lowest BCUT2D eigenvalue weighted by Crippen LogP contribution is -2.48. The van der Waals surface area contributed by atoms with Gasteiger partial charge in [-0.2, -0.15) is 4.31 Å². The van der Waals surface area contributed by atoms with E-state index in [1.165, 1.54) is 11.4 Å². The zero-order valence-corrected chi connectivity index (χ0v) is 16.9. The first-order chi connectivity index (χ1) is 12.3. The molecule has 0 unspecified atom stereocenters. The second-order valence-corrected chi connectivity index (χ2v) is 8.86. The van der Waals surface area contributed by atoms with Crippen LogP contribution in [-0.4, -0.2) is 46.0 Å². The van der Waals surface area contributed by atoms with Gasteiger partial charge in [-0.1, -0.05) is 29.3 Å². The summed E-state index contributed by atoms with van der Waals surface area (Å²) in [5.41, 5.74) is 1.81. The number of sulfonamides is 1. The van der Waals surface area contributed by atoms with Crippen LogP contribution in [0.5, 0.6) is 5.75 Å². The summed E-state index contributed by atoms with van der Waals surface area (Å²) in [6.07, 6.45) is 0. The monoisotopic (exact) mass is 414 g/mol. The van der Waals surface area contributed by atoms with Gasteiger partial charge in [-0.3, -0.25) is 0 Å². The highest BCUT2D eigenvalue weighted by atomic mass is 35.5. The van der Waals surface area contributed by atoms with Gasteiger partial charge in [-0.25, -0.2) is 8.42 Å². The van der Waals surface area contributed by atoms with Crippen LogP contribution >= 0.6 is 23.2 Å². The van der Waals surface area contributed by atoms with Crippen LogP contribution in [0.4, 0.5) is 5.69 Å². The van der Waals surface area contributed by atoms with Crippen LogP contribution < -0.4 is 9.64 Å². The molecule has 1 fully saturated rings. The van der Waals surface area contributed by atoms with Gasteiger partial charge in [0.1, 0.15) is 10.6 Å². The highest BCUT2D eigenvalue weighted by molar-refractivity contribution is 7.89. The molecule has 1 heterocycles. The smallest absolute Gasteiger partial charge is 0.246 e. The molecule has 2 aromatic carbocycles. The fourth-order valence-electron chi connectivity index (χ4n) is 2.99. The van der Waals surface area contributed by atoms with E-state index in [2.05, 4.69) is 4.90 Å². The Morgan fingerprint density at radius 2 is 1.65 bits per heavy atom. The molecule has 8 heteroatoms. The van der Waals surface area contributed by atoms with Gasteiger partial charge in [0.05, 0.1) is 17.2 Å². The van der Waals surface area contributed by atoms with Gasteiger partial charge in [-0.15, -0.1) is 0 Å². The number of piperazine rings is 1. The topological polar surface area (TPSA) is 49.9 Å². The van der Waals surface area contributed by atoms with Gasteiger partial charge in [0.15, 0.2) is 0 Å². The normalized spacial score (nSPS) is 15.9. The van der Waals surface area contributed by atoms with E-state index >= 15 is 0 Å². The lowest BCUT2D eigenvalue weighted by Gasteiger charge is -2.35. The number of rotatable bonds is 4. The fourth-order valence-corrected chi connectivity index (χ4v) is 4.95. The van der Waals surface area contributed by atoms with Crippen molar-refractivity contribution in [3.63, 3.8) is 0 Å². The van der Waals surface area contributed by atoms with Crippen molar-refractivity contribution >= 4 is 38.9 Å². The lowest BCUT2D eigenvalue weighted by molar-refractivity contribution is 0.374. The van der Waals surface area contributed by atoms with Crippen molar-refractivity contribution in [1.82, 2.24) is 4.31 Å². The molecular weight excluding hydrogens is 395 g/mol. The second-order valence-electron chi connectivity index (χ2n) is 6.14. The average Bonchev–Trinajstić information content (AvgIpc) is 2.64. The largest absolute Gasteiger partial charge is 0.495 e. The number of anilines is 1. The Labute approximate surface area is 164 Å². The molecular formula is C18H20Cl2N2O3S. The third-order valence-corrected chi connectivity index (χ3v) is 7.10. The molecule has 1 aliphatic heterocycles. The minimum atomic E-state index is -3.61. The highest BCUT2D eigenvalue weighted by Gasteiger charge is 2.31. The zero-order valence-electron chi connectivity index (χ0n) is 14.6. The molecule has 1 saturated heterocycles. The van der Waals surface area contributed by atoms with Crippen LogP contribution in [0.2, 0.25) is 10.0 Å². The van der Waals surface area contributed by atoms with Gasteiger partial charge >= 0.3 is 0 Å². The molecule has 0 spiro atoms. The molecule has 0 amide bonds. The third-order valence-electron chi connectivity index (χ3n) is 4.44. The lowest BCUT2D eigenvalue weighted by atomic mass is 10.2. The van der Waals surface area contributed by atoms with Crippen molar-refractivity contribution in [3.8, 4) is 5.75 Å². The van der Waals surface area contributed by atoms with E-state index in [0.29, 0.717) is 42.0 Å². The van der Waals surface area contributed by atoms with E-state index in [4.69, 9.17) is 27.9 Å². The average molecular weight is 415 g/mol. The first kappa shape index (κ1) is 19.3. The summed E-state index contributed by atoms with van der Waals surface area (Å²) < 4.78 is 32.8. The number of benzene rings is 2. The number of aryl methyl sites for hydroxylation is 1. The molecule has 0 bridgehead atoms. The minimum Gasteiger partial charge on any atom is -0.495 e. The molecule has 3 rings (SSSR count). The molecule has 0 radical (unpaired) electrons. The Balaban J connectivity index is 1.79. The van der Waals surface area contributed by atoms with Gasteiger partial charge in [0.2, 0.25) is 10.0 Å². The van der Waals surface area contributed by atoms with Crippen molar-refractivity contribution in [2.75, 3.05) is 38.2 Å². The Morgan fingerprint density at radius 1 is 0.962 bits per heavy atom. The maximum Gasteiger partial charge on any atom is 0.246 e. The van der Waals surface area contributed by atoms with Crippen LogP contribution in [0.25, 0.3) is 0 Å². The molecule has 0 N–H and O–H groups in total. The molecule has 0 saturated carbocycles. The van der Waals surface area contributed by atoms with Gasteiger partial charge in [0, 0.05) is 31.9 Å². The van der Waals surface area contributed by atoms with Gasteiger partial charge in [0.25, 0.3) is 0 Å². The second kappa shape index (κ2) is 7.64. The van der Waals surface area contributed by atoms with E-state index in [-0.39, 0.29) is 4.90 Å². The predicted octanol–water partition coefficient (Wildman–Crippen LogP) is 3.82. The number of hydrogen-bond acceptors (Lipinski definition) is 4. The van der Waals surface area contributed by atoms with E-state index in [1.54, 1.807) is 24.3 Å². The summed E-state index contributed by atoms with van der Waals surface area (Å²) in [7, 11) is -2.14. The molecule has 26 heavy (non-hydrogen) atoms. The zero-order chi connectivity index (χ0) is 18.9. The Kier molecular flexibility index (Phi) is 5.67. The van der Waals surface area contributed by atoms with Crippen LogP contribution in [0, 0.1) is 6.92 Å². The highest BCUT2D eigenvalue weighted by Crippen LogP contribution is 2.30. The number of halogens is 2. The molecule has 2 aromatic rings. The Hall–Kier alpha value is -1.47. The summed E-state index contributed by atoms with van der Waals surface area (Å²) >= 11 is 12.0. The van der Waals surface area contributed by atoms with Crippen molar-refractivity contribution in [2.24, 2.45) is 0 Å². The van der Waals surface area contributed by atoms with E-state index in [0.717, 1.165) is 11.3 Å². The third kappa shape index (κ3) is 3.78. The number of nitrogens with zero attached hydrogens (tertiary/aromatic N) is 2. The number of ether oxygens (including phenoxy) is 1. The maximum absolute atomic E-state index is 13.0. The first-order valence-electron chi connectivity index (χ1n) is 8.17. The maximum atomic E-state index is 13.0. The van der Waals surface area contributed by atoms with Crippen LogP contribution in [-0.2, 0) is 10.0 Å². The van der Waals surface area contributed by atoms with E-state index < -0.39 is 10.0 Å². The number of hydrogen-bond donors (Lipinski definition) is 0. The molecule has 0 aliphatic carbocycles. The van der Waals surface area contributed by atoms with E-state index in [1.807, 2.05) is 19.1 Å². The number of methoxy groups -OCH3 is 1. The van der Waals surface area contributed by atoms with Crippen molar-refractivity contribution < 1.29 is 13.2 Å². The SMILES string of the molecule is COc1ccc(C)cc1S(=O)(=O)N1CCN(c2ccc(Cl)c(Cl)c2)CC1. The van der Waals surface area contributed by atoms with Crippen LogP contribution in [0.1, 0.15) is 5.56 Å². The summed E-state index contributed by atoms with van der Waals surface area (Å²) in [6, 6.07) is 10.6. The van der Waals surface area contributed by atoms with E-state index in [9.17, 15) is 8.42 Å².